The minimum atomic E-state index is -0.636. The molecule has 0 unspecified atom stereocenters. The fraction of sp³-hybridized carbons (Fsp3) is 0.704. The molecule has 8 nitrogen and oxygen atoms in total. The van der Waals surface area contributed by atoms with Gasteiger partial charge in [-0.05, 0) is 225 Å². The fourth-order valence-electron chi connectivity index (χ4n) is 10.9. The molecule has 0 amide bonds. The maximum Gasteiger partial charge on any atom is 0.309 e. The Labute approximate surface area is 372 Å². The molecule has 62 heavy (non-hydrogen) atoms. The van der Waals surface area contributed by atoms with E-state index in [0.29, 0.717) is 0 Å². The number of carboxylic acid groups (broad SMARTS) is 4. The van der Waals surface area contributed by atoms with Gasteiger partial charge in [0.2, 0.25) is 0 Å². The van der Waals surface area contributed by atoms with Crippen molar-refractivity contribution in [3.8, 4) is 0 Å². The van der Waals surface area contributed by atoms with Crippen molar-refractivity contribution in [1.29, 1.82) is 0 Å². The summed E-state index contributed by atoms with van der Waals surface area (Å²) in [5, 5.41) is 38.9. The Hall–Kier alpha value is -3.68. The zero-order chi connectivity index (χ0) is 44.7. The van der Waals surface area contributed by atoms with Gasteiger partial charge >= 0.3 is 23.9 Å². The Bertz CT molecular complexity index is 1940. The second-order valence-corrected chi connectivity index (χ2v) is 20.9. The van der Waals surface area contributed by atoms with Gasteiger partial charge in [-0.3, -0.25) is 19.2 Å². The van der Waals surface area contributed by atoms with Crippen LogP contribution in [0.1, 0.15) is 210 Å². The van der Waals surface area contributed by atoms with Crippen LogP contribution in [-0.2, 0) is 57.7 Å². The highest BCUT2D eigenvalue weighted by molar-refractivity contribution is 5.79. The average Bonchev–Trinajstić information content (AvgIpc) is 4.04. The van der Waals surface area contributed by atoms with E-state index in [2.05, 4.69) is 39.8 Å². The molecule has 0 spiro atoms. The van der Waals surface area contributed by atoms with E-state index in [1.807, 2.05) is 0 Å². The van der Waals surface area contributed by atoms with Crippen LogP contribution in [0, 0.1) is 49.4 Å². The van der Waals surface area contributed by atoms with Gasteiger partial charge in [-0.2, -0.15) is 0 Å². The molecular formula is C54H78O8. The lowest BCUT2D eigenvalue weighted by atomic mass is 9.82. The van der Waals surface area contributed by atoms with E-state index in [9.17, 15) is 39.6 Å². The molecule has 2 aromatic rings. The molecule has 0 bridgehead atoms. The maximum absolute atomic E-state index is 11.9. The zero-order valence-electron chi connectivity index (χ0n) is 38.8. The van der Waals surface area contributed by atoms with E-state index < -0.39 is 45.5 Å². The van der Waals surface area contributed by atoms with Gasteiger partial charge in [0.1, 0.15) is 0 Å². The number of unbranched alkanes of at least 4 members (excludes halogenated alkanes) is 8. The maximum atomic E-state index is 11.9. The highest BCUT2D eigenvalue weighted by Crippen LogP contribution is 2.52. The molecule has 4 saturated carbocycles. The molecule has 4 N–H and O–H groups in total. The van der Waals surface area contributed by atoms with Crippen LogP contribution in [0.25, 0.3) is 0 Å². The van der Waals surface area contributed by atoms with E-state index in [4.69, 9.17) is 0 Å². The fourth-order valence-corrected chi connectivity index (χ4v) is 10.9. The second-order valence-electron chi connectivity index (χ2n) is 20.9. The molecule has 8 heteroatoms. The van der Waals surface area contributed by atoms with Crippen LogP contribution in [0.2, 0.25) is 0 Å². The van der Waals surface area contributed by atoms with Gasteiger partial charge in [-0.1, -0.05) is 63.5 Å². The third-order valence-corrected chi connectivity index (χ3v) is 16.6. The number of aliphatic carboxylic acids is 4. The molecule has 0 radical (unpaired) electrons. The first-order chi connectivity index (χ1) is 29.6. The Morgan fingerprint density at radius 2 is 0.710 bits per heavy atom. The minimum absolute atomic E-state index is 0.446. The van der Waals surface area contributed by atoms with Gasteiger partial charge in [-0.25, -0.2) is 0 Å². The van der Waals surface area contributed by atoms with Crippen LogP contribution >= 0.6 is 0 Å². The monoisotopic (exact) mass is 855 g/mol. The van der Waals surface area contributed by atoms with E-state index in [-0.39, 0.29) is 0 Å². The second kappa shape index (κ2) is 20.4. The number of hydrogen-bond donors (Lipinski definition) is 4. The molecule has 0 heterocycles. The molecule has 6 rings (SSSR count). The predicted octanol–water partition coefficient (Wildman–Crippen LogP) is 12.6. The van der Waals surface area contributed by atoms with Gasteiger partial charge in [-0.15, -0.1) is 0 Å². The lowest BCUT2D eigenvalue weighted by Crippen LogP contribution is -2.14. The van der Waals surface area contributed by atoms with Crippen LogP contribution in [0.5, 0.6) is 0 Å². The lowest BCUT2D eigenvalue weighted by Gasteiger charge is -2.23. The SMILES string of the molecule is Cc1cc(CCCCCCC2(C(=O)O)CC2)c(CCc2cc(CCCCC3(C(=O)O)CC3)c(C)c(CCCCCCC3(C(=O)O)CC3)c2C)c(CCCCC2(C(=O)O)CC2)c1C. The highest BCUT2D eigenvalue weighted by Gasteiger charge is 2.51. The van der Waals surface area contributed by atoms with Gasteiger partial charge < -0.3 is 20.4 Å². The van der Waals surface area contributed by atoms with Gasteiger partial charge in [0.25, 0.3) is 0 Å². The summed E-state index contributed by atoms with van der Waals surface area (Å²) in [6.45, 7) is 9.09. The average molecular weight is 855 g/mol. The summed E-state index contributed by atoms with van der Waals surface area (Å²) in [6.07, 6.45) is 27.6. The highest BCUT2D eigenvalue weighted by atomic mass is 16.4. The first-order valence-electron chi connectivity index (χ1n) is 24.7. The largest absolute Gasteiger partial charge is 0.481 e. The van der Waals surface area contributed by atoms with Gasteiger partial charge in [0.15, 0.2) is 0 Å². The summed E-state index contributed by atoms with van der Waals surface area (Å²) in [5.74, 6) is -2.52. The van der Waals surface area contributed by atoms with E-state index in [1.54, 1.807) is 0 Å². The van der Waals surface area contributed by atoms with Crippen molar-refractivity contribution in [2.24, 2.45) is 21.7 Å². The minimum Gasteiger partial charge on any atom is -0.481 e. The van der Waals surface area contributed by atoms with Crippen LogP contribution in [-0.4, -0.2) is 44.3 Å². The van der Waals surface area contributed by atoms with Crippen molar-refractivity contribution in [3.05, 3.63) is 67.8 Å². The molecule has 0 saturated heterocycles. The quantitative estimate of drug-likeness (QED) is 0.0548. The molecule has 0 aliphatic heterocycles. The third-order valence-electron chi connectivity index (χ3n) is 16.6. The summed E-state index contributed by atoms with van der Waals surface area (Å²) in [7, 11) is 0. The molecule has 4 aliphatic rings. The van der Waals surface area contributed by atoms with Crippen LogP contribution < -0.4 is 0 Å². The predicted molar refractivity (Wildman–Crippen MR) is 245 cm³/mol. The number of carboxylic acids is 4. The number of carbonyl (C=O) groups is 4. The van der Waals surface area contributed by atoms with E-state index >= 15 is 0 Å². The Morgan fingerprint density at radius 3 is 1.15 bits per heavy atom. The zero-order valence-corrected chi connectivity index (χ0v) is 38.8. The molecule has 4 aliphatic carbocycles. The van der Waals surface area contributed by atoms with Crippen LogP contribution in [0.4, 0.5) is 0 Å². The van der Waals surface area contributed by atoms with Crippen molar-refractivity contribution in [1.82, 2.24) is 0 Å². The smallest absolute Gasteiger partial charge is 0.309 e. The standard InChI is InChI=1S/C54H78O8/c1-37-35-43(18-9-5-7-13-23-51(27-28-51)47(55)56)46(45(38(37)2)20-12-16-26-54(33-34-54)50(61)62)22-21-42-36-41(17-11-15-25-53(31-32-53)49(59)60)39(3)44(40(42)4)19-10-6-8-14-24-52(29-30-52)48(57)58/h35-36H,5-34H2,1-4H3,(H,55,56)(H,57,58)(H,59,60)(H,61,62). The molecule has 342 valence electrons. The summed E-state index contributed by atoms with van der Waals surface area (Å²) < 4.78 is 0. The molecule has 0 aromatic heterocycles. The Balaban J connectivity index is 1.17. The van der Waals surface area contributed by atoms with E-state index in [1.165, 1.54) is 55.6 Å². The number of rotatable bonds is 31. The molecule has 0 atom stereocenters. The van der Waals surface area contributed by atoms with Crippen molar-refractivity contribution in [2.75, 3.05) is 0 Å². The van der Waals surface area contributed by atoms with Crippen LogP contribution in [0.15, 0.2) is 12.1 Å². The lowest BCUT2D eigenvalue weighted by molar-refractivity contribution is -0.144. The molecule has 2 aromatic carbocycles. The topological polar surface area (TPSA) is 149 Å². The third kappa shape index (κ3) is 11.7. The number of aryl methyl sites for hydroxylation is 4. The first-order valence-corrected chi connectivity index (χ1v) is 24.7. The van der Waals surface area contributed by atoms with Crippen molar-refractivity contribution < 1.29 is 39.6 Å². The molecular weight excluding hydrogens is 777 g/mol. The van der Waals surface area contributed by atoms with Crippen molar-refractivity contribution in [3.63, 3.8) is 0 Å². The first kappa shape index (κ1) is 47.8. The summed E-state index contributed by atoms with van der Waals surface area (Å²) in [4.78, 5) is 47.2. The number of hydrogen-bond acceptors (Lipinski definition) is 4. The van der Waals surface area contributed by atoms with E-state index in [0.717, 1.165) is 193 Å². The molecule has 4 fully saturated rings. The number of benzene rings is 2. The van der Waals surface area contributed by atoms with Crippen molar-refractivity contribution >= 4 is 23.9 Å². The van der Waals surface area contributed by atoms with Gasteiger partial charge in [0, 0.05) is 0 Å². The van der Waals surface area contributed by atoms with Crippen molar-refractivity contribution in [2.45, 2.75) is 220 Å². The van der Waals surface area contributed by atoms with Crippen LogP contribution in [0.3, 0.4) is 0 Å². The summed E-state index contributed by atoms with van der Waals surface area (Å²) >= 11 is 0. The Morgan fingerprint density at radius 1 is 0.371 bits per heavy atom. The summed E-state index contributed by atoms with van der Waals surface area (Å²) in [6, 6.07) is 4.88. The van der Waals surface area contributed by atoms with Gasteiger partial charge in [0.05, 0.1) is 21.7 Å². The normalized spacial score (nSPS) is 18.3. The summed E-state index contributed by atoms with van der Waals surface area (Å²) in [5.41, 5.74) is 12.2. The Kier molecular flexibility index (Phi) is 15.8.